The second-order valence-corrected chi connectivity index (χ2v) is 12.0. The lowest BCUT2D eigenvalue weighted by Crippen LogP contribution is -2.60. The normalized spacial score (nSPS) is 28.6. The van der Waals surface area contributed by atoms with Crippen LogP contribution in [0.4, 0.5) is 0 Å². The Morgan fingerprint density at radius 1 is 0.490 bits per heavy atom. The van der Waals surface area contributed by atoms with E-state index >= 15 is 0 Å². The molecule has 1 aromatic heterocycles. The van der Waals surface area contributed by atoms with Gasteiger partial charge in [0.2, 0.25) is 0 Å². The second kappa shape index (κ2) is 17.9. The fraction of sp³-hybridized carbons (Fsp3) is 0.667. The number of nitrogens with zero attached hydrogens (tertiary/aromatic N) is 2. The van der Waals surface area contributed by atoms with Crippen LogP contribution in [0.5, 0.6) is 0 Å². The molecule has 2 aliphatic heterocycles. The molecule has 0 spiro atoms. The highest BCUT2D eigenvalue weighted by atomic mass is 32.1. The quantitative estimate of drug-likeness (QED) is 0.203. The lowest BCUT2D eigenvalue weighted by Gasteiger charge is -2.44. The molecule has 2 saturated heterocycles. The van der Waals surface area contributed by atoms with Crippen LogP contribution in [0.3, 0.4) is 0 Å². The molecule has 10 unspecified atom stereocenters. The zero-order valence-corrected chi connectivity index (χ0v) is 29.7. The summed E-state index contributed by atoms with van der Waals surface area (Å²) in [5.41, 5.74) is 0. The van der Waals surface area contributed by atoms with E-state index < -0.39 is 122 Å². The number of ether oxygens (including phenoxy) is 10. The largest absolute Gasteiger partial charge is 0.463 e. The third-order valence-electron chi connectivity index (χ3n) is 6.94. The van der Waals surface area contributed by atoms with Gasteiger partial charge in [-0.1, -0.05) is 0 Å². The number of carbonyl (C=O) groups is 8. The molecule has 0 N–H and O–H groups in total. The van der Waals surface area contributed by atoms with Crippen LogP contribution in [0.2, 0.25) is 0 Å². The maximum absolute atomic E-state index is 12.3. The summed E-state index contributed by atoms with van der Waals surface area (Å²) in [6.45, 7) is 7.63. The van der Waals surface area contributed by atoms with Crippen LogP contribution in [0.15, 0.2) is 0 Å². The zero-order valence-electron chi connectivity index (χ0n) is 28.8. The van der Waals surface area contributed by atoms with Gasteiger partial charge >= 0.3 is 47.8 Å². The van der Waals surface area contributed by atoms with Crippen LogP contribution in [-0.4, -0.2) is 119 Å². The summed E-state index contributed by atoms with van der Waals surface area (Å²) in [6, 6.07) is 0. The fourth-order valence-corrected chi connectivity index (χ4v) is 6.10. The van der Waals surface area contributed by atoms with E-state index in [0.29, 0.717) is 11.5 Å². The lowest BCUT2D eigenvalue weighted by atomic mass is 9.93. The van der Waals surface area contributed by atoms with Crippen LogP contribution in [-0.2, 0) is 85.7 Å². The van der Waals surface area contributed by atoms with Gasteiger partial charge in [-0.2, -0.15) is 4.37 Å². The first-order chi connectivity index (χ1) is 23.9. The first-order valence-electron chi connectivity index (χ1n) is 15.3. The van der Waals surface area contributed by atoms with Gasteiger partial charge in [-0.05, 0) is 11.5 Å². The van der Waals surface area contributed by atoms with Gasteiger partial charge in [0.15, 0.2) is 54.7 Å². The molecule has 51 heavy (non-hydrogen) atoms. The SMILES string of the molecule is CC(=O)OCC1OC(c2nsc(C3OC(COC(C)=O)C(OC(C)=O)C(OC(C)=O)C3OC(C)=O)n2)C(OC(C)=O)C(OC(C)=O)C1OC(C)=O. The summed E-state index contributed by atoms with van der Waals surface area (Å²) in [5.74, 6) is -6.72. The Balaban J connectivity index is 2.16. The summed E-state index contributed by atoms with van der Waals surface area (Å²) >= 11 is 0.678. The van der Waals surface area contributed by atoms with Crippen LogP contribution in [0.1, 0.15) is 78.4 Å². The Hall–Kier alpha value is -4.76. The van der Waals surface area contributed by atoms with Crippen LogP contribution >= 0.6 is 11.5 Å². The van der Waals surface area contributed by atoms with Gasteiger partial charge < -0.3 is 47.4 Å². The van der Waals surface area contributed by atoms with Crippen molar-refractivity contribution in [1.29, 1.82) is 0 Å². The van der Waals surface area contributed by atoms with E-state index in [0.717, 1.165) is 55.4 Å². The lowest BCUT2D eigenvalue weighted by molar-refractivity contribution is -0.256. The minimum atomic E-state index is -1.54. The molecule has 0 aromatic carbocycles. The monoisotopic (exact) mass is 746 g/mol. The fourth-order valence-electron chi connectivity index (χ4n) is 5.34. The summed E-state index contributed by atoms with van der Waals surface area (Å²) in [7, 11) is 0. The third kappa shape index (κ3) is 11.4. The van der Waals surface area contributed by atoms with E-state index in [2.05, 4.69) is 9.36 Å². The Morgan fingerprint density at radius 3 is 1.20 bits per heavy atom. The molecule has 3 heterocycles. The minimum absolute atomic E-state index is 0.0460. The molecular weight excluding hydrogens is 708 g/mol. The molecule has 1 aromatic rings. The number of esters is 8. The van der Waals surface area contributed by atoms with Crippen molar-refractivity contribution < 1.29 is 85.7 Å². The van der Waals surface area contributed by atoms with Crippen molar-refractivity contribution in [3.63, 3.8) is 0 Å². The van der Waals surface area contributed by atoms with Crippen molar-refractivity contribution >= 4 is 59.3 Å². The molecule has 2 fully saturated rings. The summed E-state index contributed by atoms with van der Waals surface area (Å²) in [4.78, 5) is 101. The van der Waals surface area contributed by atoms with E-state index in [4.69, 9.17) is 47.4 Å². The van der Waals surface area contributed by atoms with Gasteiger partial charge in [-0.25, -0.2) is 4.98 Å². The smallest absolute Gasteiger partial charge is 0.303 e. The highest BCUT2D eigenvalue weighted by Gasteiger charge is 2.56. The van der Waals surface area contributed by atoms with E-state index in [1.807, 2.05) is 0 Å². The Labute approximate surface area is 294 Å². The number of hydrogen-bond acceptors (Lipinski definition) is 21. The standard InChI is InChI=1S/C30H38N2O18S/c1-11(33)41-9-19-21(43-13(3)35)23(45-15(5)37)25(47-17(7)39)27(49-19)29-31-30(51-32-29)28-26(48-18(8)40)24(46-16(6)38)22(44-14(4)36)20(50-28)10-42-12(2)34/h19-28H,9-10H2,1-8H3. The van der Waals surface area contributed by atoms with E-state index in [-0.39, 0.29) is 10.8 Å². The molecule has 0 saturated carbocycles. The highest BCUT2D eigenvalue weighted by molar-refractivity contribution is 7.05. The molecule has 0 radical (unpaired) electrons. The van der Waals surface area contributed by atoms with Crippen LogP contribution in [0.25, 0.3) is 0 Å². The van der Waals surface area contributed by atoms with Crippen molar-refractivity contribution in [2.45, 2.75) is 116 Å². The zero-order chi connectivity index (χ0) is 38.2. The maximum Gasteiger partial charge on any atom is 0.303 e. The van der Waals surface area contributed by atoms with Gasteiger partial charge in [0.05, 0.1) is 0 Å². The first-order valence-corrected chi connectivity index (χ1v) is 16.1. The minimum Gasteiger partial charge on any atom is -0.463 e. The number of aromatic nitrogens is 2. The Bertz CT molecular complexity index is 1390. The average Bonchev–Trinajstić information content (AvgIpc) is 3.47. The van der Waals surface area contributed by atoms with Crippen molar-refractivity contribution in [1.82, 2.24) is 9.36 Å². The van der Waals surface area contributed by atoms with Gasteiger partial charge in [0.25, 0.3) is 0 Å². The van der Waals surface area contributed by atoms with Crippen LogP contribution in [0, 0.1) is 0 Å². The molecular formula is C30H38N2O18S. The molecule has 21 heteroatoms. The molecule has 3 rings (SSSR count). The van der Waals surface area contributed by atoms with Gasteiger partial charge in [0.1, 0.15) is 30.4 Å². The van der Waals surface area contributed by atoms with Gasteiger partial charge in [-0.3, -0.25) is 38.4 Å². The molecule has 0 aliphatic carbocycles. The summed E-state index contributed by atoms with van der Waals surface area (Å²) < 4.78 is 59.5. The second-order valence-electron chi connectivity index (χ2n) is 11.2. The van der Waals surface area contributed by atoms with Crippen molar-refractivity contribution in [3.05, 3.63) is 10.8 Å². The van der Waals surface area contributed by atoms with E-state index in [1.54, 1.807) is 0 Å². The van der Waals surface area contributed by atoms with Crippen LogP contribution < -0.4 is 0 Å². The number of rotatable bonds is 12. The predicted molar refractivity (Wildman–Crippen MR) is 162 cm³/mol. The molecule has 282 valence electrons. The Morgan fingerprint density at radius 2 is 0.824 bits per heavy atom. The topological polar surface area (TPSA) is 255 Å². The van der Waals surface area contributed by atoms with Gasteiger partial charge in [0, 0.05) is 55.4 Å². The van der Waals surface area contributed by atoms with E-state index in [9.17, 15) is 38.4 Å². The van der Waals surface area contributed by atoms with Crippen molar-refractivity contribution in [2.24, 2.45) is 0 Å². The van der Waals surface area contributed by atoms with Crippen molar-refractivity contribution in [3.8, 4) is 0 Å². The van der Waals surface area contributed by atoms with Gasteiger partial charge in [-0.15, -0.1) is 0 Å². The van der Waals surface area contributed by atoms with E-state index in [1.165, 1.54) is 0 Å². The molecule has 10 atom stereocenters. The van der Waals surface area contributed by atoms with Crippen molar-refractivity contribution in [2.75, 3.05) is 13.2 Å². The number of carbonyl (C=O) groups excluding carboxylic acids is 8. The molecule has 2 aliphatic rings. The first kappa shape index (κ1) is 40.7. The highest BCUT2D eigenvalue weighted by Crippen LogP contribution is 2.41. The summed E-state index contributed by atoms with van der Waals surface area (Å²) in [6.07, 6.45) is -14.4. The molecule has 0 bridgehead atoms. The predicted octanol–water partition coefficient (Wildman–Crippen LogP) is 0.134. The third-order valence-corrected chi connectivity index (χ3v) is 7.73. The Kier molecular flexibility index (Phi) is 14.3. The maximum atomic E-state index is 12.3. The molecule has 20 nitrogen and oxygen atoms in total. The average molecular weight is 747 g/mol. The summed E-state index contributed by atoms with van der Waals surface area (Å²) in [5, 5.41) is -0.0460. The number of hydrogen-bond donors (Lipinski definition) is 0. The molecule has 0 amide bonds.